The van der Waals surface area contributed by atoms with Crippen molar-refractivity contribution in [3.63, 3.8) is 0 Å². The fourth-order valence-electron chi connectivity index (χ4n) is 8.13. The van der Waals surface area contributed by atoms with Gasteiger partial charge in [0.1, 0.15) is 11.2 Å². The number of hydrogen-bond acceptors (Lipinski definition) is 2. The fourth-order valence-corrected chi connectivity index (χ4v) is 8.13. The third kappa shape index (κ3) is 4.39. The zero-order chi connectivity index (χ0) is 46.6. The van der Waals surface area contributed by atoms with Crippen LogP contribution in [0.1, 0.15) is 42.8 Å². The average molecular weight is 691 g/mol. The first-order chi connectivity index (χ1) is 31.5. The molecule has 0 saturated carbocycles. The van der Waals surface area contributed by atoms with E-state index in [1.807, 2.05) is 84.9 Å². The van der Waals surface area contributed by atoms with Gasteiger partial charge in [-0.25, -0.2) is 0 Å². The number of anilines is 3. The minimum atomic E-state index is -0.644. The first kappa shape index (κ1) is 19.8. The zero-order valence-electron chi connectivity index (χ0n) is 41.6. The molecule has 1 heterocycles. The summed E-state index contributed by atoms with van der Waals surface area (Å²) < 4.78 is 126. The minimum Gasteiger partial charge on any atom is -0.456 e. The highest BCUT2D eigenvalue weighted by molar-refractivity contribution is 6.34. The highest BCUT2D eigenvalue weighted by Crippen LogP contribution is 2.51. The predicted octanol–water partition coefficient (Wildman–Crippen LogP) is 14.5. The monoisotopic (exact) mass is 690 g/mol. The van der Waals surface area contributed by atoms with E-state index in [1.165, 1.54) is 0 Å². The molecule has 1 aliphatic carbocycles. The largest absolute Gasteiger partial charge is 0.456 e. The number of rotatable bonds is 4. The number of furan rings is 1. The van der Waals surface area contributed by atoms with Gasteiger partial charge < -0.3 is 9.32 Å². The smallest absolute Gasteiger partial charge is 0.136 e. The number of fused-ring (bicyclic) bond motifs is 13. The van der Waals surface area contributed by atoms with Gasteiger partial charge in [-0.3, -0.25) is 0 Å². The summed E-state index contributed by atoms with van der Waals surface area (Å²) in [6.45, 7) is 4.28. The third-order valence-corrected chi connectivity index (χ3v) is 10.7. The van der Waals surface area contributed by atoms with Crippen LogP contribution in [0.3, 0.4) is 0 Å². The SMILES string of the molecule is [2H]c1c([2H])c([2H])c2c(oc3c([2H])c([2H])c4c5c([2H])c([2H])c(N(c6ccc(-c7ccccc7)cc6)c6ccc7c(c6)C(C)(C)c6ccccc6-7)c([2H])c5c5c([2H])c([2H])c([2H])c([2H])c5c4c32)c1[2H]. The lowest BCUT2D eigenvalue weighted by Crippen LogP contribution is -2.16. The Morgan fingerprint density at radius 2 is 1.11 bits per heavy atom. The van der Waals surface area contributed by atoms with E-state index < -0.39 is 77.9 Å². The summed E-state index contributed by atoms with van der Waals surface area (Å²) >= 11 is 0. The molecule has 11 rings (SSSR count). The second kappa shape index (κ2) is 11.2. The quantitative estimate of drug-likeness (QED) is 0.171. The maximum atomic E-state index is 10.2. The number of para-hydroxylation sites is 1. The Labute approximate surface area is 326 Å². The van der Waals surface area contributed by atoms with Crippen LogP contribution in [0.5, 0.6) is 0 Å². The molecular weight excluding hydrogens is 643 g/mol. The average Bonchev–Trinajstić information content (AvgIpc) is 3.84. The molecule has 0 bridgehead atoms. The molecule has 250 valence electrons. The van der Waals surface area contributed by atoms with Gasteiger partial charge in [-0.1, -0.05) is 135 Å². The molecule has 0 fully saturated rings. The highest BCUT2D eigenvalue weighted by atomic mass is 16.3. The molecule has 10 aromatic rings. The van der Waals surface area contributed by atoms with E-state index in [0.717, 1.165) is 33.4 Å². The lowest BCUT2D eigenvalue weighted by Gasteiger charge is -2.28. The molecule has 0 N–H and O–H groups in total. The molecule has 53 heavy (non-hydrogen) atoms. The zero-order valence-corrected chi connectivity index (χ0v) is 28.6. The molecule has 0 amide bonds. The van der Waals surface area contributed by atoms with E-state index >= 15 is 0 Å². The first-order valence-corrected chi connectivity index (χ1v) is 17.4. The van der Waals surface area contributed by atoms with Crippen molar-refractivity contribution in [3.05, 3.63) is 187 Å². The molecule has 2 nitrogen and oxygen atoms in total. The molecule has 9 aromatic carbocycles. The number of nitrogens with zero attached hydrogens (tertiary/aromatic N) is 1. The van der Waals surface area contributed by atoms with Gasteiger partial charge in [-0.2, -0.15) is 0 Å². The molecule has 1 aromatic heterocycles. The normalized spacial score (nSPS) is 16.7. The van der Waals surface area contributed by atoms with Crippen LogP contribution in [-0.2, 0) is 5.41 Å². The Morgan fingerprint density at radius 1 is 0.472 bits per heavy atom. The molecule has 0 atom stereocenters. The molecule has 0 spiro atoms. The summed E-state index contributed by atoms with van der Waals surface area (Å²) in [5.41, 5.74) is 6.10. The van der Waals surface area contributed by atoms with Gasteiger partial charge in [0, 0.05) is 38.6 Å². The molecule has 1 aliphatic rings. The van der Waals surface area contributed by atoms with Crippen molar-refractivity contribution in [3.8, 4) is 22.3 Å². The molecule has 2 heteroatoms. The van der Waals surface area contributed by atoms with E-state index in [4.69, 9.17) is 12.6 Å². The topological polar surface area (TPSA) is 16.4 Å². The second-order valence-electron chi connectivity index (χ2n) is 13.9. The van der Waals surface area contributed by atoms with E-state index in [0.29, 0.717) is 11.4 Å². The van der Waals surface area contributed by atoms with Gasteiger partial charge in [-0.05, 0) is 115 Å². The second-order valence-corrected chi connectivity index (χ2v) is 13.9. The highest BCUT2D eigenvalue weighted by Gasteiger charge is 2.35. The molecule has 0 aliphatic heterocycles. The van der Waals surface area contributed by atoms with Crippen molar-refractivity contribution in [1.82, 2.24) is 0 Å². The maximum Gasteiger partial charge on any atom is 0.136 e. The summed E-state index contributed by atoms with van der Waals surface area (Å²) in [5, 5.41) is -1.30. The van der Waals surface area contributed by atoms with Crippen LogP contribution in [-0.4, -0.2) is 0 Å². The number of hydrogen-bond donors (Lipinski definition) is 0. The van der Waals surface area contributed by atoms with Crippen LogP contribution in [0.2, 0.25) is 0 Å². The van der Waals surface area contributed by atoms with Crippen LogP contribution in [0, 0.1) is 0 Å². The Hall–Kier alpha value is -6.64. The fraction of sp³-hybridized carbons (Fsp3) is 0.0588. The Kier molecular flexibility index (Phi) is 4.18. The Morgan fingerprint density at radius 3 is 1.96 bits per heavy atom. The van der Waals surface area contributed by atoms with Gasteiger partial charge >= 0.3 is 0 Å². The molecule has 0 unspecified atom stereocenters. The van der Waals surface area contributed by atoms with Crippen molar-refractivity contribution in [2.24, 2.45) is 0 Å². The molecule has 0 saturated heterocycles. The van der Waals surface area contributed by atoms with Crippen LogP contribution in [0.4, 0.5) is 17.1 Å². The van der Waals surface area contributed by atoms with Crippen LogP contribution in [0.15, 0.2) is 180 Å². The van der Waals surface area contributed by atoms with Crippen molar-refractivity contribution >= 4 is 71.3 Å². The lowest BCUT2D eigenvalue weighted by atomic mass is 9.82. The number of benzene rings is 9. The van der Waals surface area contributed by atoms with Crippen LogP contribution >= 0.6 is 0 Å². The predicted molar refractivity (Wildman–Crippen MR) is 224 cm³/mol. The first-order valence-electron chi connectivity index (χ1n) is 23.9. The van der Waals surface area contributed by atoms with E-state index in [9.17, 15) is 9.60 Å². The lowest BCUT2D eigenvalue weighted by molar-refractivity contribution is 0.660. The van der Waals surface area contributed by atoms with Crippen molar-refractivity contribution in [2.45, 2.75) is 19.3 Å². The van der Waals surface area contributed by atoms with Crippen molar-refractivity contribution < 1.29 is 22.2 Å². The van der Waals surface area contributed by atoms with Crippen molar-refractivity contribution in [1.29, 1.82) is 0 Å². The standard InChI is InChI=1S/C51H35NO/c1-51(2)45-18-10-8-15-39(45)40-27-25-36(31-46(40)51)52(34-22-20-33(21-23-34)32-12-4-3-5-13-32)35-24-26-38-42-28-29-48-50(43-17-9-11-19-47(43)53-48)49(42)41-16-7-6-14-37(41)44(38)30-35/h3-31H,1-2H3/i6D,7D,9D,11D,14D,16D,17D,19D,24D,26D,28D,29D,30D. The van der Waals surface area contributed by atoms with Gasteiger partial charge in [0.15, 0.2) is 0 Å². The van der Waals surface area contributed by atoms with E-state index in [-0.39, 0.29) is 66.0 Å². The third-order valence-electron chi connectivity index (χ3n) is 10.7. The van der Waals surface area contributed by atoms with Gasteiger partial charge in [0.2, 0.25) is 0 Å². The van der Waals surface area contributed by atoms with Gasteiger partial charge in [-0.15, -0.1) is 0 Å². The molecular formula is C51H35NO. The summed E-state index contributed by atoms with van der Waals surface area (Å²) in [5.74, 6) is 0. The Balaban J connectivity index is 1.32. The summed E-state index contributed by atoms with van der Waals surface area (Å²) in [7, 11) is 0. The van der Waals surface area contributed by atoms with Crippen molar-refractivity contribution in [2.75, 3.05) is 4.90 Å². The van der Waals surface area contributed by atoms with Crippen LogP contribution in [0.25, 0.3) is 76.5 Å². The van der Waals surface area contributed by atoms with E-state index in [2.05, 4.69) is 26.0 Å². The Bertz CT molecular complexity index is 3810. The summed E-state index contributed by atoms with van der Waals surface area (Å²) in [4.78, 5) is 1.72. The molecule has 0 radical (unpaired) electrons. The van der Waals surface area contributed by atoms with E-state index in [1.54, 1.807) is 4.90 Å². The maximum absolute atomic E-state index is 10.2. The van der Waals surface area contributed by atoms with Crippen LogP contribution < -0.4 is 4.90 Å². The minimum absolute atomic E-state index is 0.0668. The summed E-state index contributed by atoms with van der Waals surface area (Å²) in [6.07, 6.45) is 0. The van der Waals surface area contributed by atoms with Gasteiger partial charge in [0.25, 0.3) is 0 Å². The van der Waals surface area contributed by atoms with Gasteiger partial charge in [0.05, 0.1) is 17.8 Å². The summed E-state index contributed by atoms with van der Waals surface area (Å²) in [6, 6.07) is 24.4.